The average Bonchev–Trinajstić information content (AvgIpc) is 3.04. The molecule has 1 aromatic heterocycles. The van der Waals surface area contributed by atoms with Crippen molar-refractivity contribution in [2.75, 3.05) is 14.2 Å². The van der Waals surface area contributed by atoms with E-state index in [-0.39, 0.29) is 0 Å². The summed E-state index contributed by atoms with van der Waals surface area (Å²) in [4.78, 5) is 12.4. The van der Waals surface area contributed by atoms with Crippen molar-refractivity contribution in [3.63, 3.8) is 0 Å². The van der Waals surface area contributed by atoms with Gasteiger partial charge in [0, 0.05) is 23.1 Å². The number of esters is 1. The van der Waals surface area contributed by atoms with Gasteiger partial charge in [-0.25, -0.2) is 4.79 Å². The van der Waals surface area contributed by atoms with Gasteiger partial charge >= 0.3 is 12.1 Å². The number of hydrogen-bond donors (Lipinski definition) is 0. The first-order chi connectivity index (χ1) is 13.3. The highest BCUT2D eigenvalue weighted by atomic mass is 19.4. The van der Waals surface area contributed by atoms with Crippen LogP contribution < -0.4 is 4.74 Å². The molecule has 3 aromatic rings. The van der Waals surface area contributed by atoms with E-state index >= 15 is 0 Å². The first-order valence-corrected chi connectivity index (χ1v) is 8.38. The molecule has 7 heteroatoms. The molecule has 0 radical (unpaired) electrons. The molecule has 0 spiro atoms. The number of hydrogen-bond acceptors (Lipinski definition) is 3. The van der Waals surface area contributed by atoms with E-state index in [0.717, 1.165) is 17.8 Å². The van der Waals surface area contributed by atoms with Crippen LogP contribution in [-0.2, 0) is 10.9 Å². The highest BCUT2D eigenvalue weighted by Crippen LogP contribution is 2.34. The predicted octanol–water partition coefficient (Wildman–Crippen LogP) is 5.27. The van der Waals surface area contributed by atoms with E-state index < -0.39 is 17.7 Å². The molecule has 2 aromatic carbocycles. The summed E-state index contributed by atoms with van der Waals surface area (Å²) in [6, 6.07) is 11.9. The van der Waals surface area contributed by atoms with Gasteiger partial charge in [-0.15, -0.1) is 0 Å². The fraction of sp³-hybridized carbons (Fsp3) is 0.190. The van der Waals surface area contributed by atoms with E-state index in [2.05, 4.69) is 0 Å². The molecule has 0 saturated carbocycles. The molecule has 1 heterocycles. The zero-order chi connectivity index (χ0) is 20.5. The van der Waals surface area contributed by atoms with E-state index in [1.165, 1.54) is 19.2 Å². The van der Waals surface area contributed by atoms with Gasteiger partial charge in [0.05, 0.1) is 25.3 Å². The maximum Gasteiger partial charge on any atom is 0.416 e. The lowest BCUT2D eigenvalue weighted by molar-refractivity contribution is -0.137. The molecule has 0 atom stereocenters. The van der Waals surface area contributed by atoms with Crippen LogP contribution >= 0.6 is 0 Å². The SMILES string of the molecule is COC(=O)c1c(-c2ccc(C(F)(F)F)cc2)cn(-c2ccc(OC)cc2)c1C. The summed E-state index contributed by atoms with van der Waals surface area (Å²) in [5.74, 6) is 0.129. The third-order valence-electron chi connectivity index (χ3n) is 4.51. The summed E-state index contributed by atoms with van der Waals surface area (Å²) in [6.07, 6.45) is -2.71. The van der Waals surface area contributed by atoms with Crippen LogP contribution in [0.3, 0.4) is 0 Å². The molecule has 3 rings (SSSR count). The van der Waals surface area contributed by atoms with Crippen molar-refractivity contribution in [2.24, 2.45) is 0 Å². The van der Waals surface area contributed by atoms with Crippen molar-refractivity contribution in [1.29, 1.82) is 0 Å². The maximum absolute atomic E-state index is 12.8. The lowest BCUT2D eigenvalue weighted by atomic mass is 10.0. The van der Waals surface area contributed by atoms with Gasteiger partial charge in [0.25, 0.3) is 0 Å². The van der Waals surface area contributed by atoms with Crippen LogP contribution in [0.15, 0.2) is 54.7 Å². The summed E-state index contributed by atoms with van der Waals surface area (Å²) < 4.78 is 50.4. The normalized spacial score (nSPS) is 11.4. The van der Waals surface area contributed by atoms with Crippen molar-refractivity contribution in [3.8, 4) is 22.6 Å². The van der Waals surface area contributed by atoms with Crippen molar-refractivity contribution >= 4 is 5.97 Å². The smallest absolute Gasteiger partial charge is 0.416 e. The minimum absolute atomic E-state index is 0.304. The molecular weight excluding hydrogens is 371 g/mol. The summed E-state index contributed by atoms with van der Waals surface area (Å²) in [5, 5.41) is 0. The number of alkyl halides is 3. The Morgan fingerprint density at radius 3 is 2.07 bits per heavy atom. The van der Waals surface area contributed by atoms with Gasteiger partial charge in [0.2, 0.25) is 0 Å². The van der Waals surface area contributed by atoms with Crippen LogP contribution in [-0.4, -0.2) is 24.8 Å². The Morgan fingerprint density at radius 2 is 1.57 bits per heavy atom. The number of nitrogens with zero attached hydrogens (tertiary/aromatic N) is 1. The summed E-state index contributed by atoms with van der Waals surface area (Å²) >= 11 is 0. The first-order valence-electron chi connectivity index (χ1n) is 8.38. The fourth-order valence-electron chi connectivity index (χ4n) is 3.03. The average molecular weight is 389 g/mol. The standard InChI is InChI=1S/C21H18F3NO3/c1-13-19(20(26)28-3)18(14-4-6-15(7-5-14)21(22,23)24)12-25(13)16-8-10-17(27-2)11-9-16/h4-12H,1-3H3. The predicted molar refractivity (Wildman–Crippen MR) is 98.8 cm³/mol. The van der Waals surface area contributed by atoms with Crippen LogP contribution in [0.2, 0.25) is 0 Å². The topological polar surface area (TPSA) is 40.5 Å². The zero-order valence-corrected chi connectivity index (χ0v) is 15.5. The fourth-order valence-corrected chi connectivity index (χ4v) is 3.03. The lowest BCUT2D eigenvalue weighted by Crippen LogP contribution is -2.06. The molecule has 0 aliphatic carbocycles. The number of ether oxygens (including phenoxy) is 2. The minimum Gasteiger partial charge on any atom is -0.497 e. The summed E-state index contributed by atoms with van der Waals surface area (Å²) in [5.41, 5.74) is 1.94. The number of carbonyl (C=O) groups excluding carboxylic acids is 1. The molecule has 0 aliphatic rings. The third-order valence-corrected chi connectivity index (χ3v) is 4.51. The molecule has 0 aliphatic heterocycles. The molecule has 28 heavy (non-hydrogen) atoms. The summed E-state index contributed by atoms with van der Waals surface area (Å²) in [7, 11) is 2.83. The maximum atomic E-state index is 12.8. The Morgan fingerprint density at radius 1 is 0.964 bits per heavy atom. The van der Waals surface area contributed by atoms with Crippen LogP contribution in [0, 0.1) is 6.92 Å². The molecule has 0 fully saturated rings. The van der Waals surface area contributed by atoms with Crippen LogP contribution in [0.1, 0.15) is 21.6 Å². The monoisotopic (exact) mass is 389 g/mol. The number of aromatic nitrogens is 1. The molecule has 0 amide bonds. The summed E-state index contributed by atoms with van der Waals surface area (Å²) in [6.45, 7) is 1.75. The Labute approximate surface area is 160 Å². The van der Waals surface area contributed by atoms with Gasteiger partial charge in [-0.2, -0.15) is 13.2 Å². The van der Waals surface area contributed by atoms with Gasteiger partial charge in [0.15, 0.2) is 0 Å². The number of rotatable bonds is 4. The lowest BCUT2D eigenvalue weighted by Gasteiger charge is -2.08. The van der Waals surface area contributed by atoms with E-state index in [0.29, 0.717) is 28.1 Å². The van der Waals surface area contributed by atoms with Crippen molar-refractivity contribution in [1.82, 2.24) is 4.57 Å². The van der Waals surface area contributed by atoms with Crippen LogP contribution in [0.4, 0.5) is 13.2 Å². The Hall–Kier alpha value is -3.22. The number of benzene rings is 2. The zero-order valence-electron chi connectivity index (χ0n) is 15.5. The van der Waals surface area contributed by atoms with Gasteiger partial charge in [0.1, 0.15) is 5.75 Å². The van der Waals surface area contributed by atoms with Crippen molar-refractivity contribution < 1.29 is 27.4 Å². The molecule has 4 nitrogen and oxygen atoms in total. The molecular formula is C21H18F3NO3. The number of methoxy groups -OCH3 is 2. The third kappa shape index (κ3) is 3.60. The Balaban J connectivity index is 2.13. The van der Waals surface area contributed by atoms with E-state index in [1.54, 1.807) is 36.9 Å². The molecule has 0 bridgehead atoms. The van der Waals surface area contributed by atoms with Crippen LogP contribution in [0.5, 0.6) is 5.75 Å². The number of halogens is 3. The van der Waals surface area contributed by atoms with Crippen LogP contribution in [0.25, 0.3) is 16.8 Å². The quantitative estimate of drug-likeness (QED) is 0.571. The number of carbonyl (C=O) groups is 1. The van der Waals surface area contributed by atoms with Gasteiger partial charge in [-0.1, -0.05) is 12.1 Å². The molecule has 0 N–H and O–H groups in total. The van der Waals surface area contributed by atoms with Gasteiger partial charge in [-0.3, -0.25) is 0 Å². The van der Waals surface area contributed by atoms with Gasteiger partial charge in [-0.05, 0) is 48.9 Å². The second-order valence-electron chi connectivity index (χ2n) is 6.14. The van der Waals surface area contributed by atoms with Gasteiger partial charge < -0.3 is 14.0 Å². The molecule has 146 valence electrons. The Kier molecular flexibility index (Phi) is 5.18. The van der Waals surface area contributed by atoms with E-state index in [9.17, 15) is 18.0 Å². The minimum atomic E-state index is -4.42. The highest BCUT2D eigenvalue weighted by Gasteiger charge is 2.30. The second-order valence-corrected chi connectivity index (χ2v) is 6.14. The van der Waals surface area contributed by atoms with E-state index in [4.69, 9.17) is 9.47 Å². The Bertz CT molecular complexity index is 987. The largest absolute Gasteiger partial charge is 0.497 e. The van der Waals surface area contributed by atoms with Crippen molar-refractivity contribution in [3.05, 3.63) is 71.5 Å². The molecule has 0 unspecified atom stereocenters. The van der Waals surface area contributed by atoms with E-state index in [1.807, 2.05) is 12.1 Å². The molecule has 0 saturated heterocycles. The second kappa shape index (κ2) is 7.42. The van der Waals surface area contributed by atoms with Crippen molar-refractivity contribution in [2.45, 2.75) is 13.1 Å². The highest BCUT2D eigenvalue weighted by molar-refractivity contribution is 5.99. The first kappa shape index (κ1) is 19.5.